The molecule has 4 unspecified atom stereocenters. The predicted octanol–water partition coefficient (Wildman–Crippen LogP) is 2.71. The fourth-order valence-electron chi connectivity index (χ4n) is 3.29. The van der Waals surface area contributed by atoms with E-state index in [2.05, 4.69) is 10.6 Å². The van der Waals surface area contributed by atoms with E-state index >= 15 is 0 Å². The lowest BCUT2D eigenvalue weighted by atomic mass is 9.85. The summed E-state index contributed by atoms with van der Waals surface area (Å²) in [6.07, 6.45) is -0.341. The van der Waals surface area contributed by atoms with E-state index in [-0.39, 0.29) is 18.9 Å². The SMILES string of the molecule is O=C(NC1CCCC(C(F)(F)F)C1)NC1CCCCC1O. The van der Waals surface area contributed by atoms with Crippen LogP contribution in [0.5, 0.6) is 0 Å². The summed E-state index contributed by atoms with van der Waals surface area (Å²) in [6, 6.07) is -1.19. The minimum Gasteiger partial charge on any atom is -0.391 e. The maximum Gasteiger partial charge on any atom is 0.391 e. The zero-order valence-corrected chi connectivity index (χ0v) is 12.0. The quantitative estimate of drug-likeness (QED) is 0.734. The van der Waals surface area contributed by atoms with Crippen LogP contribution in [0.4, 0.5) is 18.0 Å². The first-order chi connectivity index (χ1) is 9.86. The average molecular weight is 308 g/mol. The Kier molecular flexibility index (Phi) is 5.35. The number of halogens is 3. The molecule has 7 heteroatoms. The van der Waals surface area contributed by atoms with Crippen LogP contribution in [0, 0.1) is 5.92 Å². The fraction of sp³-hybridized carbons (Fsp3) is 0.929. The van der Waals surface area contributed by atoms with Gasteiger partial charge in [-0.1, -0.05) is 19.3 Å². The molecule has 0 aliphatic heterocycles. The molecule has 2 aliphatic rings. The van der Waals surface area contributed by atoms with Gasteiger partial charge in [-0.25, -0.2) is 4.79 Å². The van der Waals surface area contributed by atoms with E-state index < -0.39 is 30.3 Å². The average Bonchev–Trinajstić information content (AvgIpc) is 2.41. The van der Waals surface area contributed by atoms with Crippen molar-refractivity contribution < 1.29 is 23.1 Å². The number of carbonyl (C=O) groups is 1. The minimum atomic E-state index is -4.18. The van der Waals surface area contributed by atoms with Gasteiger partial charge in [-0.15, -0.1) is 0 Å². The number of urea groups is 1. The van der Waals surface area contributed by atoms with E-state index in [1.54, 1.807) is 0 Å². The largest absolute Gasteiger partial charge is 0.391 e. The summed E-state index contributed by atoms with van der Waals surface area (Å²) >= 11 is 0. The number of nitrogens with one attached hydrogen (secondary N) is 2. The molecule has 0 saturated heterocycles. The normalized spacial score (nSPS) is 34.3. The summed E-state index contributed by atoms with van der Waals surface area (Å²) < 4.78 is 38.1. The molecule has 2 rings (SSSR count). The Morgan fingerprint density at radius 1 is 1.00 bits per heavy atom. The van der Waals surface area contributed by atoms with Crippen LogP contribution >= 0.6 is 0 Å². The van der Waals surface area contributed by atoms with Gasteiger partial charge in [0.1, 0.15) is 0 Å². The van der Waals surface area contributed by atoms with Gasteiger partial charge in [0.2, 0.25) is 0 Å². The lowest BCUT2D eigenvalue weighted by Gasteiger charge is -2.32. The third kappa shape index (κ3) is 4.76. The van der Waals surface area contributed by atoms with Crippen LogP contribution in [0.3, 0.4) is 0 Å². The second-order valence-corrected chi connectivity index (χ2v) is 6.18. The van der Waals surface area contributed by atoms with Crippen molar-refractivity contribution in [2.24, 2.45) is 5.92 Å². The highest BCUT2D eigenvalue weighted by molar-refractivity contribution is 5.74. The Hall–Kier alpha value is -0.980. The lowest BCUT2D eigenvalue weighted by Crippen LogP contribution is -2.52. The molecule has 21 heavy (non-hydrogen) atoms. The highest BCUT2D eigenvalue weighted by Crippen LogP contribution is 2.37. The van der Waals surface area contributed by atoms with Crippen LogP contribution in [0.15, 0.2) is 0 Å². The van der Waals surface area contributed by atoms with Crippen LogP contribution in [0.25, 0.3) is 0 Å². The van der Waals surface area contributed by atoms with Gasteiger partial charge in [-0.3, -0.25) is 0 Å². The summed E-state index contributed by atoms with van der Waals surface area (Å²) in [7, 11) is 0. The molecule has 122 valence electrons. The number of hydrogen-bond donors (Lipinski definition) is 3. The number of aliphatic hydroxyl groups is 1. The van der Waals surface area contributed by atoms with Gasteiger partial charge in [-0.2, -0.15) is 13.2 Å². The van der Waals surface area contributed by atoms with E-state index in [0.29, 0.717) is 25.7 Å². The molecule has 0 bridgehead atoms. The molecule has 2 saturated carbocycles. The van der Waals surface area contributed by atoms with E-state index in [0.717, 1.165) is 12.8 Å². The Morgan fingerprint density at radius 2 is 1.71 bits per heavy atom. The van der Waals surface area contributed by atoms with Crippen LogP contribution in [-0.2, 0) is 0 Å². The molecular formula is C14H23F3N2O2. The molecule has 4 atom stereocenters. The van der Waals surface area contributed by atoms with Crippen molar-refractivity contribution in [3.05, 3.63) is 0 Å². The topological polar surface area (TPSA) is 61.4 Å². The maximum absolute atomic E-state index is 12.7. The molecule has 0 radical (unpaired) electrons. The van der Waals surface area contributed by atoms with Crippen LogP contribution < -0.4 is 10.6 Å². The van der Waals surface area contributed by atoms with Crippen molar-refractivity contribution in [2.75, 3.05) is 0 Å². The third-order valence-corrected chi connectivity index (χ3v) is 4.52. The highest BCUT2D eigenvalue weighted by atomic mass is 19.4. The maximum atomic E-state index is 12.7. The molecule has 0 spiro atoms. The molecule has 4 nitrogen and oxygen atoms in total. The van der Waals surface area contributed by atoms with Crippen LogP contribution in [0.2, 0.25) is 0 Å². The highest BCUT2D eigenvalue weighted by Gasteiger charge is 2.42. The molecule has 0 heterocycles. The molecule has 0 aromatic heterocycles. The zero-order valence-electron chi connectivity index (χ0n) is 12.0. The van der Waals surface area contributed by atoms with Gasteiger partial charge in [0, 0.05) is 6.04 Å². The Labute approximate surface area is 122 Å². The third-order valence-electron chi connectivity index (χ3n) is 4.52. The van der Waals surface area contributed by atoms with Gasteiger partial charge < -0.3 is 15.7 Å². The monoisotopic (exact) mass is 308 g/mol. The standard InChI is InChI=1S/C14H23F3N2O2/c15-14(16,17)9-4-3-5-10(8-9)18-13(21)19-11-6-1-2-7-12(11)20/h9-12,20H,1-8H2,(H2,18,19,21). The number of amides is 2. The van der Waals surface area contributed by atoms with Crippen molar-refractivity contribution in [1.29, 1.82) is 0 Å². The lowest BCUT2D eigenvalue weighted by molar-refractivity contribution is -0.183. The van der Waals surface area contributed by atoms with Gasteiger partial charge >= 0.3 is 12.2 Å². The Morgan fingerprint density at radius 3 is 2.38 bits per heavy atom. The van der Waals surface area contributed by atoms with E-state index in [9.17, 15) is 23.1 Å². The van der Waals surface area contributed by atoms with Gasteiger partial charge in [-0.05, 0) is 32.1 Å². The molecular weight excluding hydrogens is 285 g/mol. The first-order valence-electron chi connectivity index (χ1n) is 7.68. The molecule has 2 aliphatic carbocycles. The number of hydrogen-bond acceptors (Lipinski definition) is 2. The number of carbonyl (C=O) groups excluding carboxylic acids is 1. The van der Waals surface area contributed by atoms with Gasteiger partial charge in [0.25, 0.3) is 0 Å². The molecule has 0 aromatic rings. The Balaban J connectivity index is 1.79. The zero-order chi connectivity index (χ0) is 15.5. The molecule has 2 amide bonds. The van der Waals surface area contributed by atoms with Crippen LogP contribution in [0.1, 0.15) is 51.4 Å². The van der Waals surface area contributed by atoms with Crippen LogP contribution in [-0.4, -0.2) is 35.5 Å². The smallest absolute Gasteiger partial charge is 0.391 e. The van der Waals surface area contributed by atoms with Crippen molar-refractivity contribution >= 4 is 6.03 Å². The summed E-state index contributed by atoms with van der Waals surface area (Å²) in [5.74, 6) is -1.32. The second kappa shape index (κ2) is 6.85. The molecule has 2 fully saturated rings. The minimum absolute atomic E-state index is 0.0514. The number of rotatable bonds is 2. The second-order valence-electron chi connectivity index (χ2n) is 6.18. The van der Waals surface area contributed by atoms with Crippen molar-refractivity contribution in [3.8, 4) is 0 Å². The van der Waals surface area contributed by atoms with E-state index in [1.807, 2.05) is 0 Å². The number of aliphatic hydroxyl groups excluding tert-OH is 1. The van der Waals surface area contributed by atoms with Crippen molar-refractivity contribution in [2.45, 2.75) is 75.7 Å². The van der Waals surface area contributed by atoms with Crippen molar-refractivity contribution in [1.82, 2.24) is 10.6 Å². The first-order valence-corrected chi connectivity index (χ1v) is 7.68. The van der Waals surface area contributed by atoms with Gasteiger partial charge in [0.05, 0.1) is 18.1 Å². The Bertz CT molecular complexity index is 363. The molecule has 3 N–H and O–H groups in total. The van der Waals surface area contributed by atoms with Gasteiger partial charge in [0.15, 0.2) is 0 Å². The van der Waals surface area contributed by atoms with Crippen molar-refractivity contribution in [3.63, 3.8) is 0 Å². The van der Waals surface area contributed by atoms with E-state index in [4.69, 9.17) is 0 Å². The summed E-state index contributed by atoms with van der Waals surface area (Å²) in [4.78, 5) is 11.9. The summed E-state index contributed by atoms with van der Waals surface area (Å²) in [5, 5.41) is 15.1. The first kappa shape index (κ1) is 16.4. The predicted molar refractivity (Wildman–Crippen MR) is 71.7 cm³/mol. The van der Waals surface area contributed by atoms with E-state index in [1.165, 1.54) is 0 Å². The number of alkyl halides is 3. The molecule has 0 aromatic carbocycles. The fourth-order valence-corrected chi connectivity index (χ4v) is 3.29. The summed E-state index contributed by atoms with van der Waals surface area (Å²) in [5.41, 5.74) is 0. The summed E-state index contributed by atoms with van der Waals surface area (Å²) in [6.45, 7) is 0.